The van der Waals surface area contributed by atoms with Gasteiger partial charge in [-0.05, 0) is 29.3 Å². The fraction of sp³-hybridized carbons (Fsp3) is 0.182. The number of pyridine rings is 1. The monoisotopic (exact) mass is 361 g/mol. The first-order valence-corrected chi connectivity index (χ1v) is 8.77. The minimum atomic E-state index is -0.0561. The number of benzene rings is 2. The Morgan fingerprint density at radius 3 is 2.48 bits per heavy atom. The number of ether oxygens (including phenoxy) is 1. The van der Waals surface area contributed by atoms with Gasteiger partial charge in [0.2, 0.25) is 0 Å². The van der Waals surface area contributed by atoms with Gasteiger partial charge in [0.1, 0.15) is 5.75 Å². The van der Waals surface area contributed by atoms with Crippen molar-refractivity contribution in [1.82, 2.24) is 9.88 Å². The first-order chi connectivity index (χ1) is 13.2. The molecule has 0 saturated heterocycles. The molecule has 0 atom stereocenters. The van der Waals surface area contributed by atoms with Crippen molar-refractivity contribution in [2.45, 2.75) is 13.1 Å². The SMILES string of the molecule is COc1ccc(CNc2cncc(C(=O)N(C)Cc3ccccc3)c2)cc1. The van der Waals surface area contributed by atoms with Gasteiger partial charge < -0.3 is 15.0 Å². The number of hydrogen-bond donors (Lipinski definition) is 1. The molecule has 27 heavy (non-hydrogen) atoms. The van der Waals surface area contributed by atoms with Crippen LogP contribution in [-0.4, -0.2) is 29.9 Å². The lowest BCUT2D eigenvalue weighted by Crippen LogP contribution is -2.26. The number of rotatable bonds is 7. The number of aromatic nitrogens is 1. The minimum Gasteiger partial charge on any atom is -0.497 e. The summed E-state index contributed by atoms with van der Waals surface area (Å²) < 4.78 is 5.17. The van der Waals surface area contributed by atoms with Gasteiger partial charge in [-0.1, -0.05) is 42.5 Å². The van der Waals surface area contributed by atoms with E-state index >= 15 is 0 Å². The van der Waals surface area contributed by atoms with Gasteiger partial charge in [0.25, 0.3) is 5.91 Å². The number of hydrogen-bond acceptors (Lipinski definition) is 4. The van der Waals surface area contributed by atoms with Crippen molar-refractivity contribution < 1.29 is 9.53 Å². The van der Waals surface area contributed by atoms with Crippen LogP contribution in [0, 0.1) is 0 Å². The van der Waals surface area contributed by atoms with E-state index in [0.717, 1.165) is 22.6 Å². The largest absolute Gasteiger partial charge is 0.497 e. The van der Waals surface area contributed by atoms with E-state index in [9.17, 15) is 4.79 Å². The molecule has 0 fully saturated rings. The van der Waals surface area contributed by atoms with Gasteiger partial charge in [0.15, 0.2) is 0 Å². The molecule has 0 saturated carbocycles. The summed E-state index contributed by atoms with van der Waals surface area (Å²) in [7, 11) is 3.45. The lowest BCUT2D eigenvalue weighted by atomic mass is 10.2. The molecule has 0 aliphatic heterocycles. The first kappa shape index (κ1) is 18.5. The third-order valence-electron chi connectivity index (χ3n) is 4.25. The third-order valence-corrected chi connectivity index (χ3v) is 4.25. The average molecular weight is 361 g/mol. The molecule has 5 heteroatoms. The van der Waals surface area contributed by atoms with E-state index in [1.54, 1.807) is 31.5 Å². The van der Waals surface area contributed by atoms with Crippen molar-refractivity contribution in [3.8, 4) is 5.75 Å². The fourth-order valence-corrected chi connectivity index (χ4v) is 2.75. The Balaban J connectivity index is 1.62. The molecule has 0 unspecified atom stereocenters. The number of amides is 1. The first-order valence-electron chi connectivity index (χ1n) is 8.77. The zero-order chi connectivity index (χ0) is 19.1. The summed E-state index contributed by atoms with van der Waals surface area (Å²) in [6.07, 6.45) is 3.32. The van der Waals surface area contributed by atoms with Crippen LogP contribution in [0.2, 0.25) is 0 Å². The molecule has 0 radical (unpaired) electrons. The van der Waals surface area contributed by atoms with Crippen LogP contribution >= 0.6 is 0 Å². The topological polar surface area (TPSA) is 54.5 Å². The quantitative estimate of drug-likeness (QED) is 0.692. The third kappa shape index (κ3) is 5.07. The molecule has 3 rings (SSSR count). The zero-order valence-corrected chi connectivity index (χ0v) is 15.6. The Morgan fingerprint density at radius 1 is 1.04 bits per heavy atom. The Kier molecular flexibility index (Phi) is 6.05. The summed E-state index contributed by atoms with van der Waals surface area (Å²) >= 11 is 0. The number of nitrogens with one attached hydrogen (secondary N) is 1. The van der Waals surface area contributed by atoms with Gasteiger partial charge >= 0.3 is 0 Å². The number of methoxy groups -OCH3 is 1. The molecule has 1 amide bonds. The lowest BCUT2D eigenvalue weighted by molar-refractivity contribution is 0.0784. The average Bonchev–Trinajstić information content (AvgIpc) is 2.73. The van der Waals surface area contributed by atoms with Crippen LogP contribution in [0.15, 0.2) is 73.1 Å². The van der Waals surface area contributed by atoms with Crippen molar-refractivity contribution in [2.75, 3.05) is 19.5 Å². The second-order valence-electron chi connectivity index (χ2n) is 6.31. The van der Waals surface area contributed by atoms with Gasteiger partial charge in [0, 0.05) is 32.5 Å². The molecule has 0 aliphatic carbocycles. The van der Waals surface area contributed by atoms with Crippen LogP contribution in [0.5, 0.6) is 5.75 Å². The maximum absolute atomic E-state index is 12.7. The van der Waals surface area contributed by atoms with Crippen molar-refractivity contribution in [3.05, 3.63) is 89.7 Å². The molecule has 1 aromatic heterocycles. The van der Waals surface area contributed by atoms with Crippen molar-refractivity contribution >= 4 is 11.6 Å². The van der Waals surface area contributed by atoms with Crippen LogP contribution in [-0.2, 0) is 13.1 Å². The maximum atomic E-state index is 12.7. The van der Waals surface area contributed by atoms with E-state index in [0.29, 0.717) is 18.7 Å². The number of nitrogens with zero attached hydrogens (tertiary/aromatic N) is 2. The predicted octanol–water partition coefficient (Wildman–Crippen LogP) is 3.97. The van der Waals surface area contributed by atoms with Gasteiger partial charge in [-0.3, -0.25) is 9.78 Å². The summed E-state index contributed by atoms with van der Waals surface area (Å²) in [6, 6.07) is 19.6. The molecule has 138 valence electrons. The van der Waals surface area contributed by atoms with Crippen molar-refractivity contribution in [1.29, 1.82) is 0 Å². The van der Waals surface area contributed by atoms with E-state index < -0.39 is 0 Å². The molecular weight excluding hydrogens is 338 g/mol. The van der Waals surface area contributed by atoms with Crippen LogP contribution in [0.1, 0.15) is 21.5 Å². The molecule has 0 spiro atoms. The molecule has 0 aliphatic rings. The Labute approximate surface area is 159 Å². The highest BCUT2D eigenvalue weighted by molar-refractivity contribution is 5.94. The molecular formula is C22H23N3O2. The van der Waals surface area contributed by atoms with Gasteiger partial charge in [-0.15, -0.1) is 0 Å². The predicted molar refractivity (Wildman–Crippen MR) is 107 cm³/mol. The summed E-state index contributed by atoms with van der Waals surface area (Å²) in [5, 5.41) is 3.31. The molecule has 2 aromatic carbocycles. The second kappa shape index (κ2) is 8.85. The minimum absolute atomic E-state index is 0.0561. The normalized spacial score (nSPS) is 10.3. The number of anilines is 1. The lowest BCUT2D eigenvalue weighted by Gasteiger charge is -2.17. The van der Waals surface area contributed by atoms with Gasteiger partial charge in [-0.25, -0.2) is 0 Å². The standard InChI is InChI=1S/C22H23N3O2/c1-25(16-18-6-4-3-5-7-18)22(26)19-12-20(15-23-14-19)24-13-17-8-10-21(27-2)11-9-17/h3-12,14-15,24H,13,16H2,1-2H3. The fourth-order valence-electron chi connectivity index (χ4n) is 2.75. The zero-order valence-electron chi connectivity index (χ0n) is 15.6. The van der Waals surface area contributed by atoms with E-state index in [2.05, 4.69) is 10.3 Å². The van der Waals surface area contributed by atoms with Crippen LogP contribution in [0.25, 0.3) is 0 Å². The van der Waals surface area contributed by atoms with Crippen LogP contribution < -0.4 is 10.1 Å². The second-order valence-corrected chi connectivity index (χ2v) is 6.31. The maximum Gasteiger partial charge on any atom is 0.255 e. The smallest absolute Gasteiger partial charge is 0.255 e. The summed E-state index contributed by atoms with van der Waals surface area (Å²) in [4.78, 5) is 18.6. The van der Waals surface area contributed by atoms with E-state index in [1.165, 1.54) is 0 Å². The Hall–Kier alpha value is -3.34. The molecule has 3 aromatic rings. The number of carbonyl (C=O) groups excluding carboxylic acids is 1. The highest BCUT2D eigenvalue weighted by Crippen LogP contribution is 2.15. The highest BCUT2D eigenvalue weighted by Gasteiger charge is 2.13. The Morgan fingerprint density at radius 2 is 1.78 bits per heavy atom. The van der Waals surface area contributed by atoms with Gasteiger partial charge in [-0.2, -0.15) is 0 Å². The number of carbonyl (C=O) groups is 1. The molecule has 5 nitrogen and oxygen atoms in total. The molecule has 0 bridgehead atoms. The van der Waals surface area contributed by atoms with E-state index in [4.69, 9.17) is 4.74 Å². The Bertz CT molecular complexity index is 880. The summed E-state index contributed by atoms with van der Waals surface area (Å²) in [6.45, 7) is 1.20. The van der Waals surface area contributed by atoms with Gasteiger partial charge in [0.05, 0.1) is 18.4 Å². The summed E-state index contributed by atoms with van der Waals surface area (Å²) in [5.74, 6) is 0.772. The van der Waals surface area contributed by atoms with Crippen molar-refractivity contribution in [2.24, 2.45) is 0 Å². The van der Waals surface area contributed by atoms with Crippen LogP contribution in [0.4, 0.5) is 5.69 Å². The highest BCUT2D eigenvalue weighted by atomic mass is 16.5. The van der Waals surface area contributed by atoms with Crippen LogP contribution in [0.3, 0.4) is 0 Å². The molecule has 1 N–H and O–H groups in total. The van der Waals surface area contributed by atoms with E-state index in [1.807, 2.05) is 60.7 Å². The van der Waals surface area contributed by atoms with E-state index in [-0.39, 0.29) is 5.91 Å². The van der Waals surface area contributed by atoms with Crippen molar-refractivity contribution in [3.63, 3.8) is 0 Å². The molecule has 1 heterocycles. The summed E-state index contributed by atoms with van der Waals surface area (Å²) in [5.41, 5.74) is 3.58.